The topological polar surface area (TPSA) is 89.6 Å². The van der Waals surface area contributed by atoms with E-state index in [0.29, 0.717) is 11.6 Å². The highest BCUT2D eigenvalue weighted by Gasteiger charge is 2.24. The summed E-state index contributed by atoms with van der Waals surface area (Å²) in [6, 6.07) is 5.27. The Morgan fingerprint density at radius 2 is 2.00 bits per heavy atom. The number of amides is 2. The summed E-state index contributed by atoms with van der Waals surface area (Å²) in [6.07, 6.45) is 0.690. The molecule has 2 heterocycles. The van der Waals surface area contributed by atoms with Crippen molar-refractivity contribution in [2.75, 3.05) is 12.1 Å². The summed E-state index contributed by atoms with van der Waals surface area (Å²) in [7, 11) is 0. The fourth-order valence-electron chi connectivity index (χ4n) is 2.82. The lowest BCUT2D eigenvalue weighted by Gasteiger charge is -2.20. The minimum Gasteiger partial charge on any atom is -0.454 e. The molecule has 0 bridgehead atoms. The minimum atomic E-state index is -0.594. The molecule has 0 saturated heterocycles. The number of rotatable bonds is 6. The summed E-state index contributed by atoms with van der Waals surface area (Å²) in [5, 5.41) is 6.04. The smallest absolute Gasteiger partial charge is 0.248 e. The van der Waals surface area contributed by atoms with Gasteiger partial charge < -0.3 is 20.1 Å². The molecule has 0 aliphatic carbocycles. The monoisotopic (exact) mass is 389 g/mol. The van der Waals surface area contributed by atoms with Crippen LogP contribution in [-0.2, 0) is 16.0 Å². The Morgan fingerprint density at radius 3 is 2.70 bits per heavy atom. The third-order valence-electron chi connectivity index (χ3n) is 4.23. The maximum absolute atomic E-state index is 12.5. The van der Waals surface area contributed by atoms with Crippen molar-refractivity contribution in [1.82, 2.24) is 10.3 Å². The molecule has 1 aromatic carbocycles. The second-order valence-corrected chi connectivity index (χ2v) is 7.89. The molecule has 144 valence electrons. The molecule has 0 radical (unpaired) electrons. The Kier molecular flexibility index (Phi) is 5.65. The number of hydrogen-bond acceptors (Lipinski definition) is 6. The fraction of sp³-hybridized carbons (Fsp3) is 0.421. The molecular weight excluding hydrogens is 366 g/mol. The third-order valence-corrected chi connectivity index (χ3v) is 5.31. The number of aromatic nitrogens is 1. The highest BCUT2D eigenvalue weighted by molar-refractivity contribution is 7.15. The number of carbonyl (C=O) groups is 2. The van der Waals surface area contributed by atoms with Crippen molar-refractivity contribution in [2.45, 2.75) is 40.2 Å². The van der Waals surface area contributed by atoms with Gasteiger partial charge in [-0.15, -0.1) is 11.3 Å². The SMILES string of the molecule is CC(=O)NC(C(=O)Nc1nc(C)c(Cc2ccc3c(c2)OCO3)s1)C(C)C. The summed E-state index contributed by atoms with van der Waals surface area (Å²) in [5.41, 5.74) is 1.95. The van der Waals surface area contributed by atoms with Gasteiger partial charge in [0, 0.05) is 18.2 Å². The summed E-state index contributed by atoms with van der Waals surface area (Å²) in [6.45, 7) is 7.35. The van der Waals surface area contributed by atoms with Crippen molar-refractivity contribution < 1.29 is 19.1 Å². The first-order valence-electron chi connectivity index (χ1n) is 8.76. The Bertz CT molecular complexity index is 863. The van der Waals surface area contributed by atoms with E-state index in [1.807, 2.05) is 39.0 Å². The van der Waals surface area contributed by atoms with Crippen LogP contribution >= 0.6 is 11.3 Å². The van der Waals surface area contributed by atoms with E-state index in [9.17, 15) is 9.59 Å². The van der Waals surface area contributed by atoms with Crippen LogP contribution in [0.2, 0.25) is 0 Å². The molecule has 27 heavy (non-hydrogen) atoms. The van der Waals surface area contributed by atoms with Crippen LogP contribution in [0.5, 0.6) is 11.5 Å². The Labute approximate surface area is 162 Å². The molecule has 0 fully saturated rings. The molecular formula is C19H23N3O4S. The number of benzene rings is 1. The predicted molar refractivity (Wildman–Crippen MR) is 103 cm³/mol. The van der Waals surface area contributed by atoms with Gasteiger partial charge in [0.15, 0.2) is 16.6 Å². The van der Waals surface area contributed by atoms with Crippen molar-refractivity contribution in [1.29, 1.82) is 0 Å². The van der Waals surface area contributed by atoms with Gasteiger partial charge in [0.1, 0.15) is 6.04 Å². The van der Waals surface area contributed by atoms with Crippen molar-refractivity contribution in [3.8, 4) is 11.5 Å². The van der Waals surface area contributed by atoms with Crippen LogP contribution < -0.4 is 20.1 Å². The standard InChI is InChI=1S/C19H23N3O4S/c1-10(2)17(21-12(4)23)18(24)22-19-20-11(3)16(27-19)8-13-5-6-14-15(7-13)26-9-25-14/h5-7,10,17H,8-9H2,1-4H3,(H,21,23)(H,20,22,24). The molecule has 1 aliphatic heterocycles. The van der Waals surface area contributed by atoms with Crippen molar-refractivity contribution >= 4 is 28.3 Å². The normalized spacial score (nSPS) is 13.5. The second kappa shape index (κ2) is 7.96. The number of nitrogens with zero attached hydrogens (tertiary/aromatic N) is 1. The first-order chi connectivity index (χ1) is 12.8. The summed E-state index contributed by atoms with van der Waals surface area (Å²) < 4.78 is 10.8. The highest BCUT2D eigenvalue weighted by atomic mass is 32.1. The molecule has 1 unspecified atom stereocenters. The molecule has 3 rings (SSSR count). The van der Waals surface area contributed by atoms with Gasteiger partial charge in [-0.05, 0) is 30.5 Å². The number of hydrogen-bond donors (Lipinski definition) is 2. The number of carbonyl (C=O) groups excluding carboxylic acids is 2. The van der Waals surface area contributed by atoms with Crippen LogP contribution in [0.1, 0.15) is 36.9 Å². The van der Waals surface area contributed by atoms with E-state index in [4.69, 9.17) is 9.47 Å². The second-order valence-electron chi connectivity index (χ2n) is 6.80. The lowest BCUT2D eigenvalue weighted by Crippen LogP contribution is -2.46. The van der Waals surface area contributed by atoms with Crippen molar-refractivity contribution in [3.05, 3.63) is 34.3 Å². The molecule has 7 nitrogen and oxygen atoms in total. The Balaban J connectivity index is 1.70. The van der Waals surface area contributed by atoms with Gasteiger partial charge in [0.05, 0.1) is 5.69 Å². The van der Waals surface area contributed by atoms with Gasteiger partial charge >= 0.3 is 0 Å². The lowest BCUT2D eigenvalue weighted by molar-refractivity contribution is -0.126. The Morgan fingerprint density at radius 1 is 1.26 bits per heavy atom. The number of ether oxygens (including phenoxy) is 2. The fourth-order valence-corrected chi connectivity index (χ4v) is 3.82. The number of anilines is 1. The van der Waals surface area contributed by atoms with Gasteiger partial charge in [0.2, 0.25) is 18.6 Å². The zero-order valence-electron chi connectivity index (χ0n) is 15.8. The van der Waals surface area contributed by atoms with Gasteiger partial charge in [0.25, 0.3) is 0 Å². The van der Waals surface area contributed by atoms with Crippen LogP contribution in [0.15, 0.2) is 18.2 Å². The quantitative estimate of drug-likeness (QED) is 0.793. The lowest BCUT2D eigenvalue weighted by atomic mass is 10.0. The predicted octanol–water partition coefficient (Wildman–Crippen LogP) is 2.87. The number of nitrogens with one attached hydrogen (secondary N) is 2. The summed E-state index contributed by atoms with van der Waals surface area (Å²) in [5.74, 6) is 0.984. The average Bonchev–Trinajstić information content (AvgIpc) is 3.18. The van der Waals surface area contributed by atoms with Crippen molar-refractivity contribution in [3.63, 3.8) is 0 Å². The molecule has 1 atom stereocenters. The molecule has 1 aliphatic rings. The molecule has 0 saturated carbocycles. The number of thiazole rings is 1. The van der Waals surface area contributed by atoms with Crippen molar-refractivity contribution in [2.24, 2.45) is 5.92 Å². The molecule has 2 amide bonds. The van der Waals surface area contributed by atoms with E-state index < -0.39 is 6.04 Å². The van der Waals surface area contributed by atoms with Gasteiger partial charge in [-0.3, -0.25) is 9.59 Å². The maximum Gasteiger partial charge on any atom is 0.248 e. The van der Waals surface area contributed by atoms with Gasteiger partial charge in [-0.2, -0.15) is 0 Å². The minimum absolute atomic E-state index is 0.0249. The number of fused-ring (bicyclic) bond motifs is 1. The van der Waals surface area contributed by atoms with E-state index in [1.54, 1.807) is 0 Å². The molecule has 2 aromatic rings. The summed E-state index contributed by atoms with van der Waals surface area (Å²) in [4.78, 5) is 29.4. The number of aryl methyl sites for hydroxylation is 1. The van der Waals surface area contributed by atoms with E-state index in [0.717, 1.165) is 27.6 Å². The highest BCUT2D eigenvalue weighted by Crippen LogP contribution is 2.34. The molecule has 8 heteroatoms. The van der Waals surface area contributed by atoms with Gasteiger partial charge in [-0.1, -0.05) is 19.9 Å². The Hall–Kier alpha value is -2.61. The van der Waals surface area contributed by atoms with E-state index >= 15 is 0 Å². The largest absolute Gasteiger partial charge is 0.454 e. The molecule has 1 aromatic heterocycles. The zero-order chi connectivity index (χ0) is 19.6. The summed E-state index contributed by atoms with van der Waals surface area (Å²) >= 11 is 1.44. The first-order valence-corrected chi connectivity index (χ1v) is 9.58. The zero-order valence-corrected chi connectivity index (χ0v) is 16.6. The third kappa shape index (κ3) is 4.57. The van der Waals surface area contributed by atoms with E-state index in [2.05, 4.69) is 15.6 Å². The first kappa shape index (κ1) is 19.2. The average molecular weight is 389 g/mol. The van der Waals surface area contributed by atoms with Crippen LogP contribution in [0.4, 0.5) is 5.13 Å². The molecule has 0 spiro atoms. The van der Waals surface area contributed by atoms with Crippen LogP contribution in [-0.4, -0.2) is 29.6 Å². The van der Waals surface area contributed by atoms with Gasteiger partial charge in [-0.25, -0.2) is 4.98 Å². The van der Waals surface area contributed by atoms with Crippen LogP contribution in [0.3, 0.4) is 0 Å². The molecule has 2 N–H and O–H groups in total. The van der Waals surface area contributed by atoms with E-state index in [1.165, 1.54) is 18.3 Å². The maximum atomic E-state index is 12.5. The van der Waals surface area contributed by atoms with Crippen LogP contribution in [0.25, 0.3) is 0 Å². The van der Waals surface area contributed by atoms with E-state index in [-0.39, 0.29) is 24.5 Å². The van der Waals surface area contributed by atoms with Crippen LogP contribution in [0, 0.1) is 12.8 Å².